The van der Waals surface area contributed by atoms with Gasteiger partial charge in [0.15, 0.2) is 11.5 Å². The minimum atomic E-state index is -0.828. The van der Waals surface area contributed by atoms with Crippen LogP contribution in [0.4, 0.5) is 0 Å². The highest BCUT2D eigenvalue weighted by Crippen LogP contribution is 2.42. The molecule has 0 bridgehead atoms. The van der Waals surface area contributed by atoms with Gasteiger partial charge in [-0.15, -0.1) is 0 Å². The zero-order valence-corrected chi connectivity index (χ0v) is 22.2. The van der Waals surface area contributed by atoms with Gasteiger partial charge in [-0.25, -0.2) is 0 Å². The number of amides is 1. The van der Waals surface area contributed by atoms with E-state index in [0.717, 1.165) is 19.6 Å². The first kappa shape index (κ1) is 27.5. The van der Waals surface area contributed by atoms with E-state index < -0.39 is 17.7 Å². The predicted octanol–water partition coefficient (Wildman–Crippen LogP) is 3.58. The number of ether oxygens (including phenoxy) is 3. The first-order valence-electron chi connectivity index (χ1n) is 13.0. The Morgan fingerprint density at radius 3 is 2.45 bits per heavy atom. The summed E-state index contributed by atoms with van der Waals surface area (Å²) in [6.45, 7) is 8.77. The number of carbonyl (C=O) groups excluding carboxylic acids is 2. The van der Waals surface area contributed by atoms with Crippen molar-refractivity contribution >= 4 is 17.4 Å². The van der Waals surface area contributed by atoms with E-state index in [1.165, 1.54) is 18.1 Å². The molecule has 2 aromatic rings. The second kappa shape index (κ2) is 12.3. The van der Waals surface area contributed by atoms with Crippen molar-refractivity contribution in [1.82, 2.24) is 9.80 Å². The number of likely N-dealkylation sites (tertiary alicyclic amines) is 1. The molecule has 38 heavy (non-hydrogen) atoms. The van der Waals surface area contributed by atoms with E-state index in [1.54, 1.807) is 36.4 Å². The lowest BCUT2D eigenvalue weighted by atomic mass is 9.95. The molecule has 0 aliphatic carbocycles. The van der Waals surface area contributed by atoms with Gasteiger partial charge >= 0.3 is 0 Å². The van der Waals surface area contributed by atoms with Gasteiger partial charge in [0.05, 0.1) is 38.5 Å². The minimum absolute atomic E-state index is 0.00460. The molecule has 1 atom stereocenters. The van der Waals surface area contributed by atoms with E-state index in [1.807, 2.05) is 0 Å². The van der Waals surface area contributed by atoms with Gasteiger partial charge in [-0.05, 0) is 54.3 Å². The summed E-state index contributed by atoms with van der Waals surface area (Å²) in [5, 5.41) is 21.4. The van der Waals surface area contributed by atoms with Crippen molar-refractivity contribution < 1.29 is 34.0 Å². The van der Waals surface area contributed by atoms with Crippen molar-refractivity contribution in [3.8, 4) is 17.2 Å². The van der Waals surface area contributed by atoms with E-state index in [-0.39, 0.29) is 22.8 Å². The second-order valence-electron chi connectivity index (χ2n) is 9.96. The molecule has 0 radical (unpaired) electrons. The largest absolute Gasteiger partial charge is 0.507 e. The van der Waals surface area contributed by atoms with Crippen molar-refractivity contribution in [1.29, 1.82) is 0 Å². The smallest absolute Gasteiger partial charge is 0.295 e. The van der Waals surface area contributed by atoms with Crippen LogP contribution in [0.5, 0.6) is 17.2 Å². The first-order chi connectivity index (χ1) is 18.3. The standard InChI is InChI=1S/C29H36N2O7/c1-19(2)18-38-22-8-5-20(6-9-22)27(33)25-26(21-7-10-23(32)24(17-21)36-3)31(29(35)28(25)34)12-4-11-30-13-15-37-16-14-30/h5-10,17,19,26,32-33H,4,11-16,18H2,1-3H3/b27-25+. The minimum Gasteiger partial charge on any atom is -0.507 e. The van der Waals surface area contributed by atoms with Crippen molar-refractivity contribution in [3.63, 3.8) is 0 Å². The fourth-order valence-electron chi connectivity index (χ4n) is 4.74. The van der Waals surface area contributed by atoms with Crippen LogP contribution in [0.25, 0.3) is 5.76 Å². The molecule has 0 saturated carbocycles. The highest BCUT2D eigenvalue weighted by molar-refractivity contribution is 6.46. The Morgan fingerprint density at radius 1 is 1.08 bits per heavy atom. The van der Waals surface area contributed by atoms with Gasteiger partial charge in [0.1, 0.15) is 11.5 Å². The van der Waals surface area contributed by atoms with Crippen molar-refractivity contribution in [2.24, 2.45) is 5.92 Å². The Labute approximate surface area is 223 Å². The first-order valence-corrected chi connectivity index (χ1v) is 13.0. The zero-order chi connectivity index (χ0) is 27.2. The lowest BCUT2D eigenvalue weighted by Crippen LogP contribution is -2.38. The molecule has 4 rings (SSSR count). The molecule has 2 fully saturated rings. The monoisotopic (exact) mass is 524 g/mol. The maximum absolute atomic E-state index is 13.3. The third-order valence-electron chi connectivity index (χ3n) is 6.75. The van der Waals surface area contributed by atoms with Gasteiger partial charge in [-0.3, -0.25) is 14.5 Å². The molecule has 9 nitrogen and oxygen atoms in total. The molecule has 2 aliphatic heterocycles. The summed E-state index contributed by atoms with van der Waals surface area (Å²) in [5.74, 6) is -0.492. The van der Waals surface area contributed by atoms with Gasteiger partial charge < -0.3 is 29.3 Å². The number of aromatic hydroxyl groups is 1. The topological polar surface area (TPSA) is 109 Å². The molecule has 2 aliphatic rings. The molecule has 0 spiro atoms. The number of nitrogens with zero attached hydrogens (tertiary/aromatic N) is 2. The van der Waals surface area contributed by atoms with E-state index in [0.29, 0.717) is 55.6 Å². The lowest BCUT2D eigenvalue weighted by Gasteiger charge is -2.29. The number of methoxy groups -OCH3 is 1. The quantitative estimate of drug-likeness (QED) is 0.276. The second-order valence-corrected chi connectivity index (χ2v) is 9.96. The summed E-state index contributed by atoms with van der Waals surface area (Å²) in [6, 6.07) is 10.7. The summed E-state index contributed by atoms with van der Waals surface area (Å²) in [4.78, 5) is 30.3. The van der Waals surface area contributed by atoms with Crippen LogP contribution in [0, 0.1) is 5.92 Å². The number of benzene rings is 2. The number of aliphatic hydroxyl groups is 1. The summed E-state index contributed by atoms with van der Waals surface area (Å²) >= 11 is 0. The van der Waals surface area contributed by atoms with Crippen molar-refractivity contribution in [3.05, 3.63) is 59.2 Å². The number of Topliss-reactive ketones (excluding diaryl/α,β-unsaturated/α-hetero) is 1. The number of hydrogen-bond acceptors (Lipinski definition) is 8. The number of phenols is 1. The molecule has 9 heteroatoms. The van der Waals surface area contributed by atoms with Crippen LogP contribution in [-0.4, -0.2) is 84.8 Å². The maximum Gasteiger partial charge on any atom is 0.295 e. The van der Waals surface area contributed by atoms with Crippen LogP contribution in [0.1, 0.15) is 37.4 Å². The van der Waals surface area contributed by atoms with E-state index >= 15 is 0 Å². The number of hydrogen-bond donors (Lipinski definition) is 2. The Morgan fingerprint density at radius 2 is 1.79 bits per heavy atom. The number of phenolic OH excluding ortho intramolecular Hbond substituents is 1. The Balaban J connectivity index is 1.66. The number of aliphatic hydroxyl groups excluding tert-OH is 1. The lowest BCUT2D eigenvalue weighted by molar-refractivity contribution is -0.140. The van der Waals surface area contributed by atoms with Gasteiger partial charge in [-0.2, -0.15) is 0 Å². The summed E-state index contributed by atoms with van der Waals surface area (Å²) < 4.78 is 16.4. The van der Waals surface area contributed by atoms with Gasteiger partial charge in [-0.1, -0.05) is 19.9 Å². The van der Waals surface area contributed by atoms with Crippen molar-refractivity contribution in [2.75, 3.05) is 53.1 Å². The van der Waals surface area contributed by atoms with E-state index in [4.69, 9.17) is 14.2 Å². The molecular formula is C29H36N2O7. The number of morpholine rings is 1. The van der Waals surface area contributed by atoms with Crippen LogP contribution < -0.4 is 9.47 Å². The number of carbonyl (C=O) groups is 2. The predicted molar refractivity (Wildman–Crippen MR) is 142 cm³/mol. The van der Waals surface area contributed by atoms with Crippen LogP contribution in [0.15, 0.2) is 48.0 Å². The fraction of sp³-hybridized carbons (Fsp3) is 0.448. The Hall–Kier alpha value is -3.56. The summed E-state index contributed by atoms with van der Waals surface area (Å²) in [7, 11) is 1.43. The average molecular weight is 525 g/mol. The highest BCUT2D eigenvalue weighted by Gasteiger charge is 2.46. The fourth-order valence-corrected chi connectivity index (χ4v) is 4.74. The Bertz CT molecular complexity index is 1170. The molecule has 2 aromatic carbocycles. The maximum atomic E-state index is 13.3. The molecule has 2 N–H and O–H groups in total. The van der Waals surface area contributed by atoms with Crippen molar-refractivity contribution in [2.45, 2.75) is 26.3 Å². The molecule has 2 saturated heterocycles. The SMILES string of the molecule is COc1cc(C2/C(=C(\O)c3ccc(OCC(C)C)cc3)C(=O)C(=O)N2CCCN2CCOCC2)ccc1O. The third-order valence-corrected chi connectivity index (χ3v) is 6.75. The molecular weight excluding hydrogens is 488 g/mol. The summed E-state index contributed by atoms with van der Waals surface area (Å²) in [6.07, 6.45) is 0.653. The zero-order valence-electron chi connectivity index (χ0n) is 22.2. The average Bonchev–Trinajstić information content (AvgIpc) is 3.17. The number of ketones is 1. The van der Waals surface area contributed by atoms with Gasteiger partial charge in [0, 0.05) is 31.7 Å². The number of rotatable bonds is 10. The molecule has 1 unspecified atom stereocenters. The molecule has 204 valence electrons. The van der Waals surface area contributed by atoms with Gasteiger partial charge in [0.25, 0.3) is 11.7 Å². The Kier molecular flexibility index (Phi) is 8.91. The molecule has 2 heterocycles. The molecule has 1 amide bonds. The molecule has 0 aromatic heterocycles. The highest BCUT2D eigenvalue weighted by atomic mass is 16.5. The van der Waals surface area contributed by atoms with E-state index in [2.05, 4.69) is 18.7 Å². The van der Waals surface area contributed by atoms with Gasteiger partial charge in [0.2, 0.25) is 0 Å². The van der Waals surface area contributed by atoms with Crippen LogP contribution in [0.3, 0.4) is 0 Å². The van der Waals surface area contributed by atoms with Crippen LogP contribution >= 0.6 is 0 Å². The van der Waals surface area contributed by atoms with Crippen LogP contribution in [-0.2, 0) is 14.3 Å². The summed E-state index contributed by atoms with van der Waals surface area (Å²) in [5.41, 5.74) is 0.970. The van der Waals surface area contributed by atoms with Crippen LogP contribution in [0.2, 0.25) is 0 Å². The van der Waals surface area contributed by atoms with E-state index in [9.17, 15) is 19.8 Å². The third kappa shape index (κ3) is 6.11. The normalized spacial score (nSPS) is 19.8.